The van der Waals surface area contributed by atoms with Gasteiger partial charge in [0.2, 0.25) is 0 Å². The first-order valence-corrected chi connectivity index (χ1v) is 11.8. The SMILES string of the molecule is Cc1cc(OCc2c(C(C)C)cnn2-c2c(Cl)cccc2Cl)ccc1CNCCBr. The number of hydrogen-bond donors (Lipinski definition) is 1. The van der Waals surface area contributed by atoms with Crippen molar-refractivity contribution in [2.24, 2.45) is 0 Å². The molecule has 3 rings (SSSR count). The lowest BCUT2D eigenvalue weighted by atomic mass is 10.0. The van der Waals surface area contributed by atoms with Crippen LogP contribution in [0.15, 0.2) is 42.6 Å². The standard InChI is InChI=1S/C23H26BrCl2N3O/c1-15(2)19-13-28-29(23-20(25)5-4-6-21(23)26)22(19)14-30-18-8-7-17(16(3)11-18)12-27-10-9-24/h4-8,11,13,15,27H,9-10,12,14H2,1-3H3. The number of benzene rings is 2. The molecule has 0 fully saturated rings. The van der Waals surface area contributed by atoms with Crippen LogP contribution < -0.4 is 10.1 Å². The highest BCUT2D eigenvalue weighted by Crippen LogP contribution is 2.32. The predicted molar refractivity (Wildman–Crippen MR) is 129 cm³/mol. The number of hydrogen-bond acceptors (Lipinski definition) is 3. The number of aryl methyl sites for hydroxylation is 1. The molecule has 2 aromatic carbocycles. The van der Waals surface area contributed by atoms with Crippen LogP contribution in [0.4, 0.5) is 0 Å². The molecule has 0 spiro atoms. The molecule has 0 aliphatic rings. The summed E-state index contributed by atoms with van der Waals surface area (Å²) in [6.45, 7) is 8.52. The van der Waals surface area contributed by atoms with Crippen LogP contribution in [0, 0.1) is 6.92 Å². The van der Waals surface area contributed by atoms with E-state index in [1.54, 1.807) is 4.68 Å². The van der Waals surface area contributed by atoms with Crippen molar-refractivity contribution in [1.82, 2.24) is 15.1 Å². The Kier molecular flexibility index (Phi) is 8.23. The van der Waals surface area contributed by atoms with Crippen molar-refractivity contribution in [1.29, 1.82) is 0 Å². The van der Waals surface area contributed by atoms with Crippen LogP contribution in [0.2, 0.25) is 10.0 Å². The first-order valence-electron chi connectivity index (χ1n) is 9.92. The van der Waals surface area contributed by atoms with Gasteiger partial charge in [0.05, 0.1) is 21.9 Å². The number of nitrogens with one attached hydrogen (secondary N) is 1. The fraction of sp³-hybridized carbons (Fsp3) is 0.348. The maximum atomic E-state index is 6.44. The smallest absolute Gasteiger partial charge is 0.131 e. The molecule has 0 saturated heterocycles. The Bertz CT molecular complexity index is 984. The molecule has 0 saturated carbocycles. The van der Waals surface area contributed by atoms with Crippen LogP contribution in [0.1, 0.15) is 42.1 Å². The Morgan fingerprint density at radius 1 is 1.17 bits per heavy atom. The Balaban J connectivity index is 1.85. The first kappa shape index (κ1) is 23.1. The van der Waals surface area contributed by atoms with Crippen LogP contribution >= 0.6 is 39.1 Å². The largest absolute Gasteiger partial charge is 0.487 e. The zero-order valence-electron chi connectivity index (χ0n) is 17.4. The molecule has 0 radical (unpaired) electrons. The van der Waals surface area contributed by atoms with Crippen molar-refractivity contribution in [3.63, 3.8) is 0 Å². The highest BCUT2D eigenvalue weighted by atomic mass is 79.9. The summed E-state index contributed by atoms with van der Waals surface area (Å²) < 4.78 is 7.97. The molecule has 1 heterocycles. The van der Waals surface area contributed by atoms with E-state index < -0.39 is 0 Å². The molecule has 1 N–H and O–H groups in total. The molecular weight excluding hydrogens is 485 g/mol. The maximum Gasteiger partial charge on any atom is 0.131 e. The number of rotatable bonds is 9. The van der Waals surface area contributed by atoms with E-state index in [9.17, 15) is 0 Å². The molecule has 0 bridgehead atoms. The van der Waals surface area contributed by atoms with E-state index in [1.165, 1.54) is 11.1 Å². The van der Waals surface area contributed by atoms with Crippen LogP contribution in [0.25, 0.3) is 5.69 Å². The average Bonchev–Trinajstić information content (AvgIpc) is 3.12. The molecule has 4 nitrogen and oxygen atoms in total. The summed E-state index contributed by atoms with van der Waals surface area (Å²) in [7, 11) is 0. The van der Waals surface area contributed by atoms with Gasteiger partial charge in [0.15, 0.2) is 0 Å². The quantitative estimate of drug-likeness (QED) is 0.258. The van der Waals surface area contributed by atoms with E-state index in [1.807, 2.05) is 30.5 Å². The zero-order valence-corrected chi connectivity index (χ0v) is 20.5. The third-order valence-corrected chi connectivity index (χ3v) is 5.96. The summed E-state index contributed by atoms with van der Waals surface area (Å²) >= 11 is 16.3. The average molecular weight is 511 g/mol. The minimum Gasteiger partial charge on any atom is -0.487 e. The second-order valence-corrected chi connectivity index (χ2v) is 9.03. The summed E-state index contributed by atoms with van der Waals surface area (Å²) in [5.74, 6) is 1.12. The molecule has 0 atom stereocenters. The van der Waals surface area contributed by atoms with Gasteiger partial charge < -0.3 is 10.1 Å². The molecule has 7 heteroatoms. The fourth-order valence-electron chi connectivity index (χ4n) is 3.30. The second-order valence-electron chi connectivity index (χ2n) is 7.43. The van der Waals surface area contributed by atoms with E-state index in [2.05, 4.69) is 59.2 Å². The molecule has 0 aliphatic carbocycles. The van der Waals surface area contributed by atoms with Gasteiger partial charge in [0, 0.05) is 18.4 Å². The van der Waals surface area contributed by atoms with E-state index in [0.29, 0.717) is 28.3 Å². The molecule has 0 unspecified atom stereocenters. The molecular formula is C23H26BrCl2N3O. The second kappa shape index (κ2) is 10.7. The number of ether oxygens (including phenoxy) is 1. The Hall–Kier alpha value is -1.53. The van der Waals surface area contributed by atoms with E-state index in [4.69, 9.17) is 27.9 Å². The molecule has 160 valence electrons. The van der Waals surface area contributed by atoms with Crippen LogP contribution in [-0.4, -0.2) is 21.7 Å². The molecule has 1 aromatic heterocycles. The lowest BCUT2D eigenvalue weighted by Gasteiger charge is -2.15. The summed E-state index contributed by atoms with van der Waals surface area (Å²) in [5.41, 5.74) is 5.19. The summed E-state index contributed by atoms with van der Waals surface area (Å²) in [6, 6.07) is 11.7. The van der Waals surface area contributed by atoms with E-state index in [-0.39, 0.29) is 0 Å². The summed E-state index contributed by atoms with van der Waals surface area (Å²) in [5, 5.41) is 10.0. The van der Waals surface area contributed by atoms with Crippen LogP contribution in [-0.2, 0) is 13.2 Å². The lowest BCUT2D eigenvalue weighted by Crippen LogP contribution is -2.16. The van der Waals surface area contributed by atoms with Crippen molar-refractivity contribution in [2.45, 2.75) is 39.8 Å². The number of nitrogens with zero attached hydrogens (tertiary/aromatic N) is 2. The van der Waals surface area contributed by atoms with Crippen LogP contribution in [0.3, 0.4) is 0 Å². The predicted octanol–water partition coefficient (Wildman–Crippen LogP) is 6.67. The number of halogens is 3. The summed E-state index contributed by atoms with van der Waals surface area (Å²) in [6.07, 6.45) is 1.87. The summed E-state index contributed by atoms with van der Waals surface area (Å²) in [4.78, 5) is 0. The minimum absolute atomic E-state index is 0.295. The normalized spacial score (nSPS) is 11.3. The Morgan fingerprint density at radius 3 is 2.53 bits per heavy atom. The van der Waals surface area contributed by atoms with Gasteiger partial charge in [-0.05, 0) is 53.8 Å². The van der Waals surface area contributed by atoms with E-state index in [0.717, 1.165) is 35.4 Å². The molecule has 30 heavy (non-hydrogen) atoms. The Morgan fingerprint density at radius 2 is 1.90 bits per heavy atom. The van der Waals surface area contributed by atoms with E-state index >= 15 is 0 Å². The highest BCUT2D eigenvalue weighted by Gasteiger charge is 2.19. The third-order valence-electron chi connectivity index (χ3n) is 4.95. The number of aromatic nitrogens is 2. The maximum absolute atomic E-state index is 6.44. The molecule has 0 aliphatic heterocycles. The van der Waals surface area contributed by atoms with Crippen molar-refractivity contribution < 1.29 is 4.74 Å². The van der Waals surface area contributed by atoms with Crippen molar-refractivity contribution in [2.75, 3.05) is 11.9 Å². The van der Waals surface area contributed by atoms with Gasteiger partial charge in [0.1, 0.15) is 18.0 Å². The Labute approximate surface area is 196 Å². The van der Waals surface area contributed by atoms with Gasteiger partial charge >= 0.3 is 0 Å². The van der Waals surface area contributed by atoms with Crippen molar-refractivity contribution in [3.8, 4) is 11.4 Å². The van der Waals surface area contributed by atoms with Gasteiger partial charge in [-0.15, -0.1) is 0 Å². The molecule has 0 amide bonds. The number of para-hydroxylation sites is 1. The molecule has 3 aromatic rings. The van der Waals surface area contributed by atoms with Crippen molar-refractivity contribution in [3.05, 3.63) is 75.0 Å². The van der Waals surface area contributed by atoms with Gasteiger partial charge in [-0.3, -0.25) is 0 Å². The monoisotopic (exact) mass is 509 g/mol. The minimum atomic E-state index is 0.295. The topological polar surface area (TPSA) is 39.1 Å². The van der Waals surface area contributed by atoms with Gasteiger partial charge in [0.25, 0.3) is 0 Å². The van der Waals surface area contributed by atoms with Gasteiger partial charge in [-0.2, -0.15) is 5.10 Å². The van der Waals surface area contributed by atoms with Gasteiger partial charge in [-0.25, -0.2) is 4.68 Å². The number of alkyl halides is 1. The van der Waals surface area contributed by atoms with Crippen LogP contribution in [0.5, 0.6) is 5.75 Å². The van der Waals surface area contributed by atoms with Gasteiger partial charge in [-0.1, -0.05) is 65.1 Å². The highest BCUT2D eigenvalue weighted by molar-refractivity contribution is 9.09. The van der Waals surface area contributed by atoms with Crippen molar-refractivity contribution >= 4 is 39.1 Å². The first-order chi connectivity index (χ1) is 14.4. The lowest BCUT2D eigenvalue weighted by molar-refractivity contribution is 0.295. The third kappa shape index (κ3) is 5.38. The fourth-order valence-corrected chi connectivity index (χ4v) is 4.13. The zero-order chi connectivity index (χ0) is 21.7.